The number of carbonyl (C=O) groups is 1. The van der Waals surface area contributed by atoms with Gasteiger partial charge in [0.15, 0.2) is 17.3 Å². The van der Waals surface area contributed by atoms with E-state index in [0.717, 1.165) is 11.6 Å². The van der Waals surface area contributed by atoms with Crippen LogP contribution in [-0.2, 0) is 6.61 Å². The minimum absolute atomic E-state index is 0.0314. The van der Waals surface area contributed by atoms with Gasteiger partial charge in [0.25, 0.3) is 5.88 Å². The van der Waals surface area contributed by atoms with E-state index in [4.69, 9.17) is 19.3 Å². The van der Waals surface area contributed by atoms with Crippen molar-refractivity contribution >= 4 is 5.97 Å². The molecule has 0 saturated carbocycles. The first-order chi connectivity index (χ1) is 10.1. The molecule has 108 valence electrons. The lowest BCUT2D eigenvalue weighted by Gasteiger charge is -2.08. The Labute approximate surface area is 118 Å². The first-order valence-electron chi connectivity index (χ1n) is 6.04. The molecule has 7 heteroatoms. The fraction of sp³-hybridized carbons (Fsp3) is 0.143. The number of aromatic carboxylic acids is 1. The van der Waals surface area contributed by atoms with E-state index < -0.39 is 17.3 Å². The number of fused-ring (bicyclic) bond motifs is 1. The molecule has 0 fully saturated rings. The van der Waals surface area contributed by atoms with Crippen LogP contribution in [-0.4, -0.2) is 22.9 Å². The summed E-state index contributed by atoms with van der Waals surface area (Å²) in [7, 11) is 0. The zero-order chi connectivity index (χ0) is 14.8. The van der Waals surface area contributed by atoms with Gasteiger partial charge >= 0.3 is 5.97 Å². The number of hydrogen-bond acceptors (Lipinski definition) is 5. The van der Waals surface area contributed by atoms with E-state index in [0.29, 0.717) is 11.5 Å². The van der Waals surface area contributed by atoms with Gasteiger partial charge in [0.1, 0.15) is 12.2 Å². The fourth-order valence-corrected chi connectivity index (χ4v) is 1.87. The monoisotopic (exact) mass is 291 g/mol. The van der Waals surface area contributed by atoms with Crippen molar-refractivity contribution in [1.82, 2.24) is 4.98 Å². The second-order valence-corrected chi connectivity index (χ2v) is 4.26. The van der Waals surface area contributed by atoms with E-state index in [1.165, 1.54) is 6.20 Å². The lowest BCUT2D eigenvalue weighted by Crippen LogP contribution is -2.05. The molecule has 0 amide bonds. The van der Waals surface area contributed by atoms with Crippen LogP contribution in [0, 0.1) is 5.82 Å². The molecule has 0 unspecified atom stereocenters. The quantitative estimate of drug-likeness (QED) is 0.930. The van der Waals surface area contributed by atoms with Crippen molar-refractivity contribution in [3.63, 3.8) is 0 Å². The Morgan fingerprint density at radius 3 is 2.95 bits per heavy atom. The number of pyridine rings is 1. The highest BCUT2D eigenvalue weighted by atomic mass is 19.1. The van der Waals surface area contributed by atoms with Gasteiger partial charge in [-0.25, -0.2) is 14.2 Å². The van der Waals surface area contributed by atoms with Crippen LogP contribution in [0.3, 0.4) is 0 Å². The largest absolute Gasteiger partial charge is 0.478 e. The zero-order valence-electron chi connectivity index (χ0n) is 10.7. The van der Waals surface area contributed by atoms with Crippen LogP contribution >= 0.6 is 0 Å². The number of hydrogen-bond donors (Lipinski definition) is 1. The molecule has 1 aromatic carbocycles. The van der Waals surface area contributed by atoms with Crippen molar-refractivity contribution in [3.05, 3.63) is 47.4 Å². The van der Waals surface area contributed by atoms with Crippen molar-refractivity contribution in [1.29, 1.82) is 0 Å². The van der Waals surface area contributed by atoms with Crippen LogP contribution in [0.5, 0.6) is 17.4 Å². The average molecular weight is 291 g/mol. The first kappa shape index (κ1) is 13.2. The molecule has 1 aromatic heterocycles. The van der Waals surface area contributed by atoms with Gasteiger partial charge in [0, 0.05) is 6.20 Å². The number of halogens is 1. The van der Waals surface area contributed by atoms with Crippen molar-refractivity contribution in [2.24, 2.45) is 0 Å². The summed E-state index contributed by atoms with van der Waals surface area (Å²) in [5.41, 5.74) is 0.242. The number of rotatable bonds is 4. The van der Waals surface area contributed by atoms with Crippen LogP contribution in [0.4, 0.5) is 4.39 Å². The molecule has 0 spiro atoms. The fourth-order valence-electron chi connectivity index (χ4n) is 1.87. The highest BCUT2D eigenvalue weighted by Gasteiger charge is 2.17. The normalized spacial score (nSPS) is 12.2. The molecule has 1 aliphatic rings. The van der Waals surface area contributed by atoms with Gasteiger partial charge in [-0.2, -0.15) is 0 Å². The first-order valence-corrected chi connectivity index (χ1v) is 6.04. The molecule has 0 bridgehead atoms. The van der Waals surface area contributed by atoms with E-state index in [2.05, 4.69) is 4.98 Å². The molecule has 1 N–H and O–H groups in total. The number of nitrogens with zero attached hydrogens (tertiary/aromatic N) is 1. The van der Waals surface area contributed by atoms with E-state index >= 15 is 0 Å². The van der Waals surface area contributed by atoms with Gasteiger partial charge < -0.3 is 19.3 Å². The third-order valence-electron chi connectivity index (χ3n) is 2.90. The predicted molar refractivity (Wildman–Crippen MR) is 68.1 cm³/mol. The van der Waals surface area contributed by atoms with Crippen molar-refractivity contribution in [3.8, 4) is 17.4 Å². The number of ether oxygens (including phenoxy) is 3. The van der Waals surface area contributed by atoms with E-state index in [-0.39, 0.29) is 19.3 Å². The van der Waals surface area contributed by atoms with Gasteiger partial charge in [-0.15, -0.1) is 0 Å². The summed E-state index contributed by atoms with van der Waals surface area (Å²) in [4.78, 5) is 14.5. The number of carboxylic acid groups (broad SMARTS) is 1. The molecule has 0 aliphatic carbocycles. The second kappa shape index (κ2) is 5.28. The van der Waals surface area contributed by atoms with Gasteiger partial charge in [-0.05, 0) is 23.8 Å². The lowest BCUT2D eigenvalue weighted by molar-refractivity contribution is 0.0690. The summed E-state index contributed by atoms with van der Waals surface area (Å²) in [6.07, 6.45) is 1.18. The minimum atomic E-state index is -1.37. The Kier molecular flexibility index (Phi) is 3.31. The van der Waals surface area contributed by atoms with Gasteiger partial charge in [-0.1, -0.05) is 6.07 Å². The number of carboxylic acids is 1. The van der Waals surface area contributed by atoms with E-state index in [1.807, 2.05) is 0 Å². The third kappa shape index (κ3) is 2.58. The molecular formula is C14H10FNO5. The highest BCUT2D eigenvalue weighted by molar-refractivity contribution is 5.88. The number of benzene rings is 1. The molecule has 21 heavy (non-hydrogen) atoms. The van der Waals surface area contributed by atoms with Gasteiger partial charge in [0.05, 0.1) is 0 Å². The maximum Gasteiger partial charge on any atom is 0.338 e. The topological polar surface area (TPSA) is 77.9 Å². The molecule has 3 rings (SSSR count). The Morgan fingerprint density at radius 2 is 2.14 bits per heavy atom. The van der Waals surface area contributed by atoms with Crippen LogP contribution in [0.25, 0.3) is 0 Å². The maximum absolute atomic E-state index is 13.8. The molecule has 2 aromatic rings. The highest BCUT2D eigenvalue weighted by Crippen LogP contribution is 2.32. The lowest BCUT2D eigenvalue weighted by atomic mass is 10.2. The van der Waals surface area contributed by atoms with Gasteiger partial charge in [-0.3, -0.25) is 0 Å². The summed E-state index contributed by atoms with van der Waals surface area (Å²) < 4.78 is 29.5. The smallest absolute Gasteiger partial charge is 0.338 e. The molecular weight excluding hydrogens is 281 g/mol. The Balaban J connectivity index is 1.76. The summed E-state index contributed by atoms with van der Waals surface area (Å²) in [5, 5.41) is 8.83. The Bertz CT molecular complexity index is 704. The Hall–Kier alpha value is -2.83. The summed E-state index contributed by atoms with van der Waals surface area (Å²) in [6.45, 7) is 0.195. The summed E-state index contributed by atoms with van der Waals surface area (Å²) in [5.74, 6) is -1.50. The standard InChI is InChI=1S/C14H10FNO5/c15-12-9(14(17)18)3-4-16-13(12)19-6-8-1-2-10-11(5-8)21-7-20-10/h1-5H,6-7H2,(H,17,18). The van der Waals surface area contributed by atoms with Crippen molar-refractivity contribution in [2.75, 3.05) is 6.79 Å². The maximum atomic E-state index is 13.8. The molecule has 1 aliphatic heterocycles. The second-order valence-electron chi connectivity index (χ2n) is 4.26. The third-order valence-corrected chi connectivity index (χ3v) is 2.90. The minimum Gasteiger partial charge on any atom is -0.478 e. The van der Waals surface area contributed by atoms with E-state index in [1.54, 1.807) is 18.2 Å². The molecule has 6 nitrogen and oxygen atoms in total. The average Bonchev–Trinajstić information content (AvgIpc) is 2.93. The summed E-state index contributed by atoms with van der Waals surface area (Å²) in [6, 6.07) is 6.25. The van der Waals surface area contributed by atoms with Gasteiger partial charge in [0.2, 0.25) is 6.79 Å². The summed E-state index contributed by atoms with van der Waals surface area (Å²) >= 11 is 0. The number of aromatic nitrogens is 1. The van der Waals surface area contributed by atoms with Crippen LogP contribution in [0.2, 0.25) is 0 Å². The van der Waals surface area contributed by atoms with Crippen molar-refractivity contribution in [2.45, 2.75) is 6.61 Å². The van der Waals surface area contributed by atoms with E-state index in [9.17, 15) is 9.18 Å². The molecule has 0 saturated heterocycles. The van der Waals surface area contributed by atoms with Crippen LogP contribution < -0.4 is 14.2 Å². The molecule has 2 heterocycles. The Morgan fingerprint density at radius 1 is 1.33 bits per heavy atom. The van der Waals surface area contributed by atoms with Crippen molar-refractivity contribution < 1.29 is 28.5 Å². The molecule has 0 atom stereocenters. The SMILES string of the molecule is O=C(O)c1ccnc(OCc2ccc3c(c2)OCO3)c1F. The molecule has 0 radical (unpaired) electrons. The van der Waals surface area contributed by atoms with Crippen LogP contribution in [0.1, 0.15) is 15.9 Å². The van der Waals surface area contributed by atoms with Crippen LogP contribution in [0.15, 0.2) is 30.5 Å². The predicted octanol–water partition coefficient (Wildman–Crippen LogP) is 2.23. The zero-order valence-corrected chi connectivity index (χ0v) is 10.7.